The molecule has 48 valence electrons. The summed E-state index contributed by atoms with van der Waals surface area (Å²) in [5, 5.41) is -1.35. The Balaban J connectivity index is 3.64. The lowest BCUT2D eigenvalue weighted by atomic mass is 10.3. The highest BCUT2D eigenvalue weighted by atomic mass is 35.5. The van der Waals surface area contributed by atoms with Gasteiger partial charge in [0.1, 0.15) is 5.38 Å². The molecule has 4 heteroatoms. The van der Waals surface area contributed by atoms with Gasteiger partial charge in [-0.3, -0.25) is 4.79 Å². The van der Waals surface area contributed by atoms with Crippen LogP contribution < -0.4 is 5.73 Å². The second kappa shape index (κ2) is 3.28. The average Bonchev–Trinajstić information content (AvgIpc) is 1.64. The maximum Gasteiger partial charge on any atom is 0.241 e. The molecule has 0 aromatic carbocycles. The molecule has 2 atom stereocenters. The van der Waals surface area contributed by atoms with Crippen LogP contribution in [0.2, 0.25) is 0 Å². The van der Waals surface area contributed by atoms with Crippen molar-refractivity contribution in [1.82, 2.24) is 0 Å². The van der Waals surface area contributed by atoms with Crippen LogP contribution in [0.1, 0.15) is 6.92 Å². The van der Waals surface area contributed by atoms with Crippen molar-refractivity contribution in [3.63, 3.8) is 0 Å². The average molecular weight is 156 g/mol. The van der Waals surface area contributed by atoms with Gasteiger partial charge in [0.2, 0.25) is 5.24 Å². The monoisotopic (exact) mass is 155 g/mol. The molecule has 0 heterocycles. The molecule has 0 rings (SSSR count). The molecule has 0 aliphatic rings. The summed E-state index contributed by atoms with van der Waals surface area (Å²) in [6, 6.07) is -0.373. The summed E-state index contributed by atoms with van der Waals surface area (Å²) in [6.45, 7) is 1.62. The van der Waals surface area contributed by atoms with Gasteiger partial charge in [-0.15, -0.1) is 11.6 Å². The zero-order valence-corrected chi connectivity index (χ0v) is 5.91. The molecule has 0 saturated carbocycles. The third kappa shape index (κ3) is 2.50. The Morgan fingerprint density at radius 2 is 2.12 bits per heavy atom. The summed E-state index contributed by atoms with van der Waals surface area (Å²) in [4.78, 5) is 10.1. The molecule has 0 aromatic rings. The molecule has 0 radical (unpaired) electrons. The van der Waals surface area contributed by atoms with Gasteiger partial charge in [-0.05, 0) is 18.5 Å². The smallest absolute Gasteiger partial charge is 0.241 e. The Hall–Kier alpha value is 0.210. The highest BCUT2D eigenvalue weighted by Crippen LogP contribution is 2.03. The summed E-state index contributed by atoms with van der Waals surface area (Å²) in [5.41, 5.74) is 5.20. The topological polar surface area (TPSA) is 43.1 Å². The van der Waals surface area contributed by atoms with E-state index in [-0.39, 0.29) is 6.04 Å². The van der Waals surface area contributed by atoms with Gasteiger partial charge >= 0.3 is 0 Å². The number of alkyl halides is 1. The van der Waals surface area contributed by atoms with Crippen molar-refractivity contribution in [2.75, 3.05) is 0 Å². The molecule has 0 aromatic heterocycles. The Bertz CT molecular complexity index is 94.0. The van der Waals surface area contributed by atoms with Gasteiger partial charge < -0.3 is 5.73 Å². The predicted octanol–water partition coefficient (Wildman–Crippen LogP) is 0.706. The van der Waals surface area contributed by atoms with Gasteiger partial charge in [-0.1, -0.05) is 0 Å². The van der Waals surface area contributed by atoms with Crippen LogP contribution in [0.4, 0.5) is 0 Å². The van der Waals surface area contributed by atoms with Gasteiger partial charge in [0.15, 0.2) is 0 Å². The number of hydrogen-bond donors (Lipinski definition) is 1. The molecule has 2 nitrogen and oxygen atoms in total. The van der Waals surface area contributed by atoms with Gasteiger partial charge in [0, 0.05) is 6.04 Å². The van der Waals surface area contributed by atoms with E-state index in [0.717, 1.165) is 0 Å². The molecular formula is C4H7Cl2NO. The fourth-order valence-electron chi connectivity index (χ4n) is 0.207. The maximum absolute atomic E-state index is 10.1. The predicted molar refractivity (Wildman–Crippen MR) is 34.2 cm³/mol. The van der Waals surface area contributed by atoms with Crippen LogP contribution in [0.5, 0.6) is 0 Å². The van der Waals surface area contributed by atoms with E-state index >= 15 is 0 Å². The molecule has 0 fully saturated rings. The quantitative estimate of drug-likeness (QED) is 0.472. The van der Waals surface area contributed by atoms with E-state index in [9.17, 15) is 4.79 Å². The second-order valence-electron chi connectivity index (χ2n) is 1.56. The third-order valence-corrected chi connectivity index (χ3v) is 1.62. The van der Waals surface area contributed by atoms with E-state index in [1.54, 1.807) is 6.92 Å². The zero-order chi connectivity index (χ0) is 6.73. The fourth-order valence-corrected chi connectivity index (χ4v) is 0.405. The van der Waals surface area contributed by atoms with Crippen molar-refractivity contribution in [1.29, 1.82) is 0 Å². The lowest BCUT2D eigenvalue weighted by Gasteiger charge is -2.05. The molecular weight excluding hydrogens is 149 g/mol. The van der Waals surface area contributed by atoms with Gasteiger partial charge in [0.25, 0.3) is 0 Å². The minimum absolute atomic E-state index is 0.373. The number of carbonyl (C=O) groups is 1. The van der Waals surface area contributed by atoms with Crippen LogP contribution in [0.3, 0.4) is 0 Å². The summed E-state index contributed by atoms with van der Waals surface area (Å²) >= 11 is 10.3. The molecule has 0 aliphatic heterocycles. The lowest BCUT2D eigenvalue weighted by molar-refractivity contribution is -0.111. The van der Waals surface area contributed by atoms with E-state index in [0.29, 0.717) is 0 Å². The number of nitrogens with two attached hydrogens (primary N) is 1. The van der Waals surface area contributed by atoms with Crippen molar-refractivity contribution >= 4 is 28.4 Å². The van der Waals surface area contributed by atoms with E-state index in [1.807, 2.05) is 0 Å². The largest absolute Gasteiger partial charge is 0.326 e. The number of hydrogen-bond acceptors (Lipinski definition) is 2. The zero-order valence-electron chi connectivity index (χ0n) is 4.40. The van der Waals surface area contributed by atoms with Crippen molar-refractivity contribution in [2.45, 2.75) is 18.3 Å². The Labute approximate surface area is 57.9 Å². The summed E-state index contributed by atoms with van der Waals surface area (Å²) in [6.07, 6.45) is 0. The van der Waals surface area contributed by atoms with Gasteiger partial charge in [0.05, 0.1) is 0 Å². The second-order valence-corrected chi connectivity index (χ2v) is 2.41. The highest BCUT2D eigenvalue weighted by Gasteiger charge is 2.16. The van der Waals surface area contributed by atoms with Crippen LogP contribution in [-0.2, 0) is 4.79 Å². The number of halogens is 2. The van der Waals surface area contributed by atoms with Crippen LogP contribution in [-0.4, -0.2) is 16.7 Å². The van der Waals surface area contributed by atoms with E-state index in [1.165, 1.54) is 0 Å². The first-order chi connectivity index (χ1) is 3.55. The van der Waals surface area contributed by atoms with Gasteiger partial charge in [-0.2, -0.15) is 0 Å². The van der Waals surface area contributed by atoms with Gasteiger partial charge in [-0.25, -0.2) is 0 Å². The van der Waals surface area contributed by atoms with E-state index in [4.69, 9.17) is 28.9 Å². The van der Waals surface area contributed by atoms with Crippen molar-refractivity contribution < 1.29 is 4.79 Å². The van der Waals surface area contributed by atoms with Crippen molar-refractivity contribution in [3.05, 3.63) is 0 Å². The molecule has 0 aliphatic carbocycles. The SMILES string of the molecule is C[C@@H](N)[C@H](Cl)C(=O)Cl. The number of carbonyl (C=O) groups excluding carboxylic acids is 1. The van der Waals surface area contributed by atoms with Crippen molar-refractivity contribution in [2.24, 2.45) is 5.73 Å². The Morgan fingerprint density at radius 1 is 1.75 bits per heavy atom. The Kier molecular flexibility index (Phi) is 3.36. The molecule has 0 bridgehead atoms. The molecule has 0 saturated heterocycles. The molecule has 2 N–H and O–H groups in total. The lowest BCUT2D eigenvalue weighted by Crippen LogP contribution is -2.31. The highest BCUT2D eigenvalue weighted by molar-refractivity contribution is 6.69. The number of rotatable bonds is 2. The maximum atomic E-state index is 10.1. The summed E-state index contributed by atoms with van der Waals surface area (Å²) in [7, 11) is 0. The minimum Gasteiger partial charge on any atom is -0.326 e. The summed E-state index contributed by atoms with van der Waals surface area (Å²) in [5.74, 6) is 0. The summed E-state index contributed by atoms with van der Waals surface area (Å²) < 4.78 is 0. The first-order valence-electron chi connectivity index (χ1n) is 2.14. The van der Waals surface area contributed by atoms with Crippen LogP contribution in [0, 0.1) is 0 Å². The molecule has 8 heavy (non-hydrogen) atoms. The van der Waals surface area contributed by atoms with Crippen molar-refractivity contribution in [3.8, 4) is 0 Å². The van der Waals surface area contributed by atoms with E-state index in [2.05, 4.69) is 0 Å². The standard InChI is InChI=1S/C4H7Cl2NO/c1-2(7)3(5)4(6)8/h2-3H,7H2,1H3/t2-,3+/m1/s1. The normalized spacial score (nSPS) is 17.5. The first-order valence-corrected chi connectivity index (χ1v) is 2.96. The van der Waals surface area contributed by atoms with Crippen LogP contribution in [0.25, 0.3) is 0 Å². The molecule has 0 amide bonds. The van der Waals surface area contributed by atoms with Crippen LogP contribution >= 0.6 is 23.2 Å². The molecule has 0 spiro atoms. The minimum atomic E-state index is -0.753. The van der Waals surface area contributed by atoms with E-state index < -0.39 is 10.6 Å². The van der Waals surface area contributed by atoms with Crippen LogP contribution in [0.15, 0.2) is 0 Å². The Morgan fingerprint density at radius 3 is 2.12 bits per heavy atom. The third-order valence-electron chi connectivity index (χ3n) is 0.678. The fraction of sp³-hybridized carbons (Fsp3) is 0.750. The first kappa shape index (κ1) is 8.21. The molecule has 0 unspecified atom stereocenters.